The van der Waals surface area contributed by atoms with Crippen LogP contribution >= 0.6 is 0 Å². The maximum Gasteiger partial charge on any atom is 0.379 e. The third-order valence-electron chi connectivity index (χ3n) is 6.08. The van der Waals surface area contributed by atoms with Crippen molar-refractivity contribution < 1.29 is 76.0 Å². The van der Waals surface area contributed by atoms with Gasteiger partial charge in [0.2, 0.25) is 0 Å². The molecular formula is C34H56O16. The number of hydrogen-bond donors (Lipinski definition) is 0. The van der Waals surface area contributed by atoms with Crippen molar-refractivity contribution in [2.24, 2.45) is 0 Å². The highest BCUT2D eigenvalue weighted by molar-refractivity contribution is 6.40. The molecule has 1 rings (SSSR count). The first-order valence-corrected chi connectivity index (χ1v) is 16.8. The summed E-state index contributed by atoms with van der Waals surface area (Å²) in [6.45, 7) is 9.46. The fraction of sp³-hybridized carbons (Fsp3) is 0.735. The maximum absolute atomic E-state index is 11.9. The maximum atomic E-state index is 11.9. The molecule has 50 heavy (non-hydrogen) atoms. The largest absolute Gasteiger partial charge is 0.469 e. The Balaban J connectivity index is 1.65. The third kappa shape index (κ3) is 30.2. The summed E-state index contributed by atoms with van der Waals surface area (Å²) in [6, 6.07) is 8.24. The molecule has 0 aliphatic heterocycles. The van der Waals surface area contributed by atoms with Crippen LogP contribution in [0.25, 0.3) is 0 Å². The standard InChI is InChI=1S/C34H56O16/c1-38-32(35)7-8-39-9-10-40-11-12-41-13-14-42-15-16-43-17-18-44-19-20-45-21-22-46-23-24-47-25-26-48-27-28-49-29-30-50-34(37)33(36)31-5-3-2-4-6-31/h2-6H,7-30H2,1H3. The first-order valence-electron chi connectivity index (χ1n) is 16.8. The van der Waals surface area contributed by atoms with Crippen molar-refractivity contribution in [1.29, 1.82) is 0 Å². The van der Waals surface area contributed by atoms with Crippen molar-refractivity contribution in [3.8, 4) is 0 Å². The normalized spacial score (nSPS) is 11.1. The van der Waals surface area contributed by atoms with Crippen molar-refractivity contribution in [2.75, 3.05) is 159 Å². The van der Waals surface area contributed by atoms with Gasteiger partial charge >= 0.3 is 11.9 Å². The average Bonchev–Trinajstić information content (AvgIpc) is 3.14. The Hall–Kier alpha value is -2.61. The number of ether oxygens (including phenoxy) is 13. The lowest BCUT2D eigenvalue weighted by molar-refractivity contribution is -0.142. The summed E-state index contributed by atoms with van der Waals surface area (Å²) in [5.74, 6) is -1.87. The summed E-state index contributed by atoms with van der Waals surface area (Å²) < 4.78 is 68.9. The molecule has 0 saturated carbocycles. The number of ketones is 1. The molecule has 0 heterocycles. The number of methoxy groups -OCH3 is 1. The quantitative estimate of drug-likeness (QED) is 0.0412. The van der Waals surface area contributed by atoms with Crippen molar-refractivity contribution >= 4 is 17.7 Å². The van der Waals surface area contributed by atoms with Gasteiger partial charge < -0.3 is 61.6 Å². The van der Waals surface area contributed by atoms with Crippen LogP contribution < -0.4 is 0 Å². The smallest absolute Gasteiger partial charge is 0.379 e. The predicted octanol–water partition coefficient (Wildman–Crippen LogP) is 1.16. The Labute approximate surface area is 295 Å². The minimum absolute atomic E-state index is 0.00753. The Bertz CT molecular complexity index is 920. The molecule has 0 amide bonds. The van der Waals surface area contributed by atoms with Crippen LogP contribution in [0.1, 0.15) is 16.8 Å². The highest BCUT2D eigenvalue weighted by Gasteiger charge is 2.17. The van der Waals surface area contributed by atoms with E-state index in [0.29, 0.717) is 144 Å². The molecule has 0 spiro atoms. The topological polar surface area (TPSA) is 171 Å². The Morgan fingerprint density at radius 1 is 0.400 bits per heavy atom. The third-order valence-corrected chi connectivity index (χ3v) is 6.08. The zero-order valence-electron chi connectivity index (χ0n) is 29.4. The summed E-state index contributed by atoms with van der Waals surface area (Å²) in [5, 5.41) is 0. The Morgan fingerprint density at radius 3 is 0.980 bits per heavy atom. The van der Waals surface area contributed by atoms with Gasteiger partial charge in [0, 0.05) is 5.56 Å². The van der Waals surface area contributed by atoms with Gasteiger partial charge in [0.25, 0.3) is 5.78 Å². The summed E-state index contributed by atoms with van der Waals surface area (Å²) in [7, 11) is 1.35. The molecule has 0 fully saturated rings. The summed E-state index contributed by atoms with van der Waals surface area (Å²) in [4.78, 5) is 34.5. The molecule has 0 bridgehead atoms. The molecule has 0 N–H and O–H groups in total. The fourth-order valence-corrected chi connectivity index (χ4v) is 3.52. The molecule has 16 nitrogen and oxygen atoms in total. The molecule has 0 unspecified atom stereocenters. The highest BCUT2D eigenvalue weighted by atomic mass is 16.6. The van der Waals surface area contributed by atoms with Gasteiger partial charge in [-0.2, -0.15) is 0 Å². The van der Waals surface area contributed by atoms with Gasteiger partial charge in [0.15, 0.2) is 0 Å². The number of carbonyl (C=O) groups is 3. The monoisotopic (exact) mass is 720 g/mol. The van der Waals surface area contributed by atoms with Gasteiger partial charge in [-0.25, -0.2) is 4.79 Å². The number of hydrogen-bond acceptors (Lipinski definition) is 16. The van der Waals surface area contributed by atoms with E-state index in [2.05, 4.69) is 4.74 Å². The number of benzene rings is 1. The van der Waals surface area contributed by atoms with E-state index in [-0.39, 0.29) is 25.6 Å². The summed E-state index contributed by atoms with van der Waals surface area (Å²) >= 11 is 0. The van der Waals surface area contributed by atoms with Crippen molar-refractivity contribution in [3.05, 3.63) is 35.9 Å². The molecular weight excluding hydrogens is 664 g/mol. The SMILES string of the molecule is COC(=O)CCOCCOCCOCCOCCOCCOCCOCCOCCOCCOCCOCCOC(=O)C(=O)c1ccccc1. The van der Waals surface area contributed by atoms with Crippen LogP contribution in [0.3, 0.4) is 0 Å². The van der Waals surface area contributed by atoms with Crippen LogP contribution in [0.15, 0.2) is 30.3 Å². The van der Waals surface area contributed by atoms with E-state index in [1.165, 1.54) is 7.11 Å². The predicted molar refractivity (Wildman–Crippen MR) is 177 cm³/mol. The van der Waals surface area contributed by atoms with Gasteiger partial charge in [-0.05, 0) is 0 Å². The number of esters is 2. The second kappa shape index (κ2) is 36.2. The molecule has 1 aromatic rings. The van der Waals surface area contributed by atoms with Gasteiger partial charge in [-0.15, -0.1) is 0 Å². The van der Waals surface area contributed by atoms with Gasteiger partial charge in [0.1, 0.15) is 6.61 Å². The molecule has 0 aromatic heterocycles. The summed E-state index contributed by atoms with van der Waals surface area (Å²) in [6.07, 6.45) is 0.237. The first kappa shape index (κ1) is 45.4. The van der Waals surface area contributed by atoms with Crippen LogP contribution in [0.4, 0.5) is 0 Å². The minimum Gasteiger partial charge on any atom is -0.469 e. The van der Waals surface area contributed by atoms with Crippen LogP contribution in [-0.4, -0.2) is 177 Å². The lowest BCUT2D eigenvalue weighted by atomic mass is 10.1. The van der Waals surface area contributed by atoms with Crippen LogP contribution in [0, 0.1) is 0 Å². The van der Waals surface area contributed by atoms with Crippen molar-refractivity contribution in [1.82, 2.24) is 0 Å². The minimum atomic E-state index is -0.901. The molecule has 1 aromatic carbocycles. The Kier molecular flexibility index (Phi) is 32.9. The molecule has 0 radical (unpaired) electrons. The highest BCUT2D eigenvalue weighted by Crippen LogP contribution is 2.01. The zero-order valence-corrected chi connectivity index (χ0v) is 29.4. The first-order chi connectivity index (χ1) is 24.6. The lowest BCUT2D eigenvalue weighted by Gasteiger charge is -2.09. The van der Waals surface area contributed by atoms with Crippen LogP contribution in [-0.2, 0) is 71.2 Å². The zero-order chi connectivity index (χ0) is 36.0. The van der Waals surface area contributed by atoms with E-state index >= 15 is 0 Å². The number of Topliss-reactive ketones (excluding diaryl/α,β-unsaturated/α-hetero) is 1. The number of rotatable bonds is 38. The van der Waals surface area contributed by atoms with E-state index in [9.17, 15) is 14.4 Å². The molecule has 0 atom stereocenters. The van der Waals surface area contributed by atoms with Gasteiger partial charge in [-0.1, -0.05) is 30.3 Å². The van der Waals surface area contributed by atoms with E-state index < -0.39 is 11.8 Å². The fourth-order valence-electron chi connectivity index (χ4n) is 3.52. The van der Waals surface area contributed by atoms with E-state index in [4.69, 9.17) is 56.8 Å². The molecule has 16 heteroatoms. The second-order valence-electron chi connectivity index (χ2n) is 9.89. The molecule has 0 saturated heterocycles. The second-order valence-corrected chi connectivity index (χ2v) is 9.89. The van der Waals surface area contributed by atoms with Crippen LogP contribution in [0.2, 0.25) is 0 Å². The molecule has 0 aliphatic rings. The summed E-state index contributed by atoms with van der Waals surface area (Å²) in [5.41, 5.74) is 0.292. The van der Waals surface area contributed by atoms with Gasteiger partial charge in [-0.3, -0.25) is 9.59 Å². The van der Waals surface area contributed by atoms with E-state index in [0.717, 1.165) is 0 Å². The van der Waals surface area contributed by atoms with E-state index in [1.807, 2.05) is 0 Å². The Morgan fingerprint density at radius 2 is 0.680 bits per heavy atom. The van der Waals surface area contributed by atoms with Gasteiger partial charge in [0.05, 0.1) is 159 Å². The lowest BCUT2D eigenvalue weighted by Crippen LogP contribution is -2.20. The van der Waals surface area contributed by atoms with E-state index in [1.54, 1.807) is 30.3 Å². The van der Waals surface area contributed by atoms with Crippen LogP contribution in [0.5, 0.6) is 0 Å². The molecule has 0 aliphatic carbocycles. The molecule has 288 valence electrons. The van der Waals surface area contributed by atoms with Crippen molar-refractivity contribution in [3.63, 3.8) is 0 Å². The average molecular weight is 721 g/mol. The number of carbonyl (C=O) groups excluding carboxylic acids is 3. The van der Waals surface area contributed by atoms with Crippen molar-refractivity contribution in [2.45, 2.75) is 6.42 Å².